The molecule has 0 saturated carbocycles. The molecule has 0 bridgehead atoms. The fraction of sp³-hybridized carbons (Fsp3) is 0.875. The van der Waals surface area contributed by atoms with Crippen LogP contribution in [0.4, 0.5) is 0 Å². The van der Waals surface area contributed by atoms with Gasteiger partial charge in [0.15, 0.2) is 0 Å². The Hall–Kier alpha value is -0.700. The fourth-order valence-corrected chi connectivity index (χ4v) is 1.64. The molecule has 1 atom stereocenters. The molecule has 7 nitrogen and oxygen atoms in total. The van der Waals surface area contributed by atoms with Gasteiger partial charge in [-0.05, 0) is 13.8 Å². The summed E-state index contributed by atoms with van der Waals surface area (Å²) in [6.07, 6.45) is -1.56. The van der Waals surface area contributed by atoms with E-state index in [1.54, 1.807) is 13.8 Å². The topological polar surface area (TPSA) is 119 Å². The van der Waals surface area contributed by atoms with E-state index in [1.165, 1.54) is 0 Å². The molecule has 0 fully saturated rings. The summed E-state index contributed by atoms with van der Waals surface area (Å²) in [5, 5.41) is 8.97. The van der Waals surface area contributed by atoms with Gasteiger partial charge in [0.2, 0.25) is 15.9 Å². The van der Waals surface area contributed by atoms with E-state index in [9.17, 15) is 13.2 Å². The maximum absolute atomic E-state index is 11.3. The monoisotopic (exact) mass is 254 g/mol. The first kappa shape index (κ1) is 15.3. The van der Waals surface area contributed by atoms with E-state index >= 15 is 0 Å². The molecule has 1 unspecified atom stereocenters. The second-order valence-electron chi connectivity index (χ2n) is 3.51. The van der Waals surface area contributed by atoms with Crippen LogP contribution in [-0.2, 0) is 19.6 Å². The molecule has 16 heavy (non-hydrogen) atoms. The highest BCUT2D eigenvalue weighted by molar-refractivity contribution is 7.89. The molecule has 0 aromatic carbocycles. The molecule has 0 rings (SSSR count). The maximum Gasteiger partial charge on any atom is 0.247 e. The molecule has 8 heteroatoms. The van der Waals surface area contributed by atoms with Crippen molar-refractivity contribution in [2.45, 2.75) is 26.1 Å². The van der Waals surface area contributed by atoms with E-state index in [0.717, 1.165) is 0 Å². The van der Waals surface area contributed by atoms with Crippen molar-refractivity contribution in [2.75, 3.05) is 18.9 Å². The summed E-state index contributed by atoms with van der Waals surface area (Å²) in [6.45, 7) is 3.22. The minimum absolute atomic E-state index is 0.0496. The number of rotatable bonds is 8. The summed E-state index contributed by atoms with van der Waals surface area (Å²) < 4.78 is 29.7. The summed E-state index contributed by atoms with van der Waals surface area (Å²) in [7, 11) is -3.55. The third-order valence-corrected chi connectivity index (χ3v) is 2.94. The highest BCUT2D eigenvalue weighted by Gasteiger charge is 2.16. The Kier molecular flexibility index (Phi) is 6.49. The van der Waals surface area contributed by atoms with Gasteiger partial charge in [0.05, 0.1) is 18.5 Å². The van der Waals surface area contributed by atoms with E-state index in [1.807, 2.05) is 0 Å². The third kappa shape index (κ3) is 7.57. The number of hydrogen-bond donors (Lipinski definition) is 3. The van der Waals surface area contributed by atoms with Crippen molar-refractivity contribution in [1.82, 2.24) is 4.72 Å². The van der Waals surface area contributed by atoms with Crippen LogP contribution < -0.4 is 10.5 Å². The Bertz CT molecular complexity index is 314. The van der Waals surface area contributed by atoms with Gasteiger partial charge >= 0.3 is 0 Å². The van der Waals surface area contributed by atoms with Crippen LogP contribution in [0.2, 0.25) is 0 Å². The summed E-state index contributed by atoms with van der Waals surface area (Å²) in [6, 6.07) is 0. The lowest BCUT2D eigenvalue weighted by molar-refractivity contribution is -0.125. The summed E-state index contributed by atoms with van der Waals surface area (Å²) in [5.74, 6) is -1.20. The summed E-state index contributed by atoms with van der Waals surface area (Å²) in [5.41, 5.74) is 4.76. The molecular formula is C8H18N2O5S. The van der Waals surface area contributed by atoms with Gasteiger partial charge in [-0.2, -0.15) is 0 Å². The number of sulfonamides is 1. The minimum atomic E-state index is -3.55. The molecule has 0 aromatic heterocycles. The van der Waals surface area contributed by atoms with E-state index < -0.39 is 28.6 Å². The van der Waals surface area contributed by atoms with Crippen molar-refractivity contribution in [1.29, 1.82) is 0 Å². The molecule has 0 aliphatic rings. The minimum Gasteiger partial charge on any atom is -0.382 e. The van der Waals surface area contributed by atoms with Gasteiger partial charge in [0, 0.05) is 6.54 Å². The first-order chi connectivity index (χ1) is 7.24. The lowest BCUT2D eigenvalue weighted by Crippen LogP contribution is -2.41. The number of amides is 1. The van der Waals surface area contributed by atoms with E-state index in [-0.39, 0.29) is 18.5 Å². The molecule has 1 amide bonds. The molecule has 0 radical (unpaired) electrons. The quantitative estimate of drug-likeness (QED) is 0.471. The Labute approximate surface area is 95.0 Å². The van der Waals surface area contributed by atoms with Gasteiger partial charge in [0.25, 0.3) is 0 Å². The zero-order chi connectivity index (χ0) is 12.8. The Morgan fingerprint density at radius 1 is 1.50 bits per heavy atom. The lowest BCUT2D eigenvalue weighted by atomic mass is 10.3. The fourth-order valence-electron chi connectivity index (χ4n) is 0.772. The van der Waals surface area contributed by atoms with Crippen LogP contribution in [0, 0.1) is 0 Å². The predicted octanol–water partition coefficient (Wildman–Crippen LogP) is -1.82. The molecule has 0 aliphatic carbocycles. The SMILES string of the molecule is CC(C)OCCS(=O)(=O)NCC(O)C(N)=O. The number of carbonyl (C=O) groups is 1. The van der Waals surface area contributed by atoms with Gasteiger partial charge in [-0.15, -0.1) is 0 Å². The highest BCUT2D eigenvalue weighted by Crippen LogP contribution is 1.91. The number of aliphatic hydroxyl groups is 1. The normalized spacial score (nSPS) is 14.0. The molecule has 0 saturated heterocycles. The van der Waals surface area contributed by atoms with Crippen LogP contribution >= 0.6 is 0 Å². The lowest BCUT2D eigenvalue weighted by Gasteiger charge is -2.10. The first-order valence-electron chi connectivity index (χ1n) is 4.81. The van der Waals surface area contributed by atoms with Crippen molar-refractivity contribution < 1.29 is 23.1 Å². The van der Waals surface area contributed by atoms with Crippen molar-refractivity contribution in [3.05, 3.63) is 0 Å². The number of nitrogens with two attached hydrogens (primary N) is 1. The van der Waals surface area contributed by atoms with Crippen LogP contribution in [0.25, 0.3) is 0 Å². The van der Waals surface area contributed by atoms with Crippen LogP contribution in [0.15, 0.2) is 0 Å². The van der Waals surface area contributed by atoms with E-state index in [4.69, 9.17) is 15.6 Å². The second-order valence-corrected chi connectivity index (χ2v) is 5.43. The van der Waals surface area contributed by atoms with Gasteiger partial charge in [0.1, 0.15) is 6.10 Å². The molecule has 0 heterocycles. The maximum atomic E-state index is 11.3. The molecule has 0 aromatic rings. The van der Waals surface area contributed by atoms with Gasteiger partial charge < -0.3 is 15.6 Å². The van der Waals surface area contributed by atoms with Crippen molar-refractivity contribution in [3.8, 4) is 0 Å². The molecule has 0 spiro atoms. The first-order valence-corrected chi connectivity index (χ1v) is 6.46. The number of hydrogen-bond acceptors (Lipinski definition) is 5. The summed E-state index contributed by atoms with van der Waals surface area (Å²) >= 11 is 0. The van der Waals surface area contributed by atoms with Gasteiger partial charge in [-0.25, -0.2) is 13.1 Å². The van der Waals surface area contributed by atoms with E-state index in [0.29, 0.717) is 0 Å². The Morgan fingerprint density at radius 2 is 2.06 bits per heavy atom. The predicted molar refractivity (Wildman–Crippen MR) is 58.1 cm³/mol. The van der Waals surface area contributed by atoms with Crippen molar-refractivity contribution in [3.63, 3.8) is 0 Å². The molecule has 96 valence electrons. The highest BCUT2D eigenvalue weighted by atomic mass is 32.2. The van der Waals surface area contributed by atoms with E-state index in [2.05, 4.69) is 4.72 Å². The number of ether oxygens (including phenoxy) is 1. The van der Waals surface area contributed by atoms with Gasteiger partial charge in [-0.3, -0.25) is 4.79 Å². The van der Waals surface area contributed by atoms with Crippen molar-refractivity contribution in [2.24, 2.45) is 5.73 Å². The van der Waals surface area contributed by atoms with Crippen LogP contribution in [0.5, 0.6) is 0 Å². The molecule has 4 N–H and O–H groups in total. The smallest absolute Gasteiger partial charge is 0.247 e. The Balaban J connectivity index is 3.92. The zero-order valence-electron chi connectivity index (χ0n) is 9.34. The number of carbonyl (C=O) groups excluding carboxylic acids is 1. The Morgan fingerprint density at radius 3 is 2.50 bits per heavy atom. The standard InChI is InChI=1S/C8H18N2O5S/c1-6(2)15-3-4-16(13,14)10-5-7(11)8(9)12/h6-7,10-11H,3-5H2,1-2H3,(H2,9,12). The van der Waals surface area contributed by atoms with Crippen LogP contribution in [0.1, 0.15) is 13.8 Å². The average molecular weight is 254 g/mol. The largest absolute Gasteiger partial charge is 0.382 e. The molecule has 0 aliphatic heterocycles. The second kappa shape index (κ2) is 6.79. The third-order valence-electron chi connectivity index (χ3n) is 1.63. The summed E-state index contributed by atoms with van der Waals surface area (Å²) in [4.78, 5) is 10.4. The van der Waals surface area contributed by atoms with Gasteiger partial charge in [-0.1, -0.05) is 0 Å². The number of aliphatic hydroxyl groups excluding tert-OH is 1. The van der Waals surface area contributed by atoms with Crippen LogP contribution in [-0.4, -0.2) is 50.5 Å². The zero-order valence-corrected chi connectivity index (χ0v) is 10.2. The number of primary amides is 1. The number of nitrogens with one attached hydrogen (secondary N) is 1. The average Bonchev–Trinajstić information content (AvgIpc) is 2.13. The van der Waals surface area contributed by atoms with Crippen molar-refractivity contribution >= 4 is 15.9 Å². The van der Waals surface area contributed by atoms with Crippen LogP contribution in [0.3, 0.4) is 0 Å². The molecular weight excluding hydrogens is 236 g/mol.